The number of sulfonamides is 2. The molecule has 3 aliphatic heterocycles. The average Bonchev–Trinajstić information content (AvgIpc) is 3.90. The first-order valence-electron chi connectivity index (χ1n) is 19.5. The molecular weight excluding hydrogens is 784 g/mol. The monoisotopic (exact) mass is 838 g/mol. The minimum absolute atomic E-state index is 0.0271. The van der Waals surface area contributed by atoms with E-state index in [1.165, 1.54) is 32.1 Å². The number of carbonyl (C=O) groups is 2. The first-order chi connectivity index (χ1) is 27.2. The average molecular weight is 839 g/mol. The number of nitrogens with zero attached hydrogens (tertiary/aromatic N) is 2. The van der Waals surface area contributed by atoms with Gasteiger partial charge in [0.15, 0.2) is 13.2 Å². The Balaban J connectivity index is 1.23. The van der Waals surface area contributed by atoms with Crippen LogP contribution >= 0.6 is 0 Å². The zero-order valence-electron chi connectivity index (χ0n) is 33.0. The lowest BCUT2D eigenvalue weighted by Gasteiger charge is -2.45. The molecule has 1 aliphatic carbocycles. The third-order valence-corrected chi connectivity index (χ3v) is 15.3. The molecule has 18 heteroatoms. The molecule has 316 valence electrons. The molecule has 0 radical (unpaired) electrons. The fourth-order valence-electron chi connectivity index (χ4n) is 8.01. The van der Waals surface area contributed by atoms with E-state index < -0.39 is 84.9 Å². The van der Waals surface area contributed by atoms with Crippen molar-refractivity contribution in [2.45, 2.75) is 93.0 Å². The number of rotatable bonds is 17. The Labute approximate surface area is 335 Å². The summed E-state index contributed by atoms with van der Waals surface area (Å²) < 4.78 is 103. The largest absolute Gasteiger partial charge is 0.484 e. The lowest BCUT2D eigenvalue weighted by atomic mass is 9.84. The molecule has 2 aromatic carbocycles. The highest BCUT2D eigenvalue weighted by molar-refractivity contribution is 7.90. The highest BCUT2D eigenvalue weighted by atomic mass is 32.2. The quantitative estimate of drug-likeness (QED) is 0.239. The Morgan fingerprint density at radius 2 is 1.46 bits per heavy atom. The zero-order valence-corrected chi connectivity index (χ0v) is 34.6. The van der Waals surface area contributed by atoms with E-state index in [-0.39, 0.29) is 50.7 Å². The highest BCUT2D eigenvalue weighted by Crippen LogP contribution is 2.36. The lowest BCUT2D eigenvalue weighted by Crippen LogP contribution is -2.62. The Kier molecular flexibility index (Phi) is 14.2. The molecule has 0 aromatic heterocycles. The lowest BCUT2D eigenvalue weighted by molar-refractivity contribution is -0.140. The molecule has 1 saturated carbocycles. The standard InChI is InChI=1S/C39H55FN4O11S2/c1-25-8-5-6-10-36(25)54-24-39(46)44-19-28(17-33(35(44)22-52-4)42-57(49,50)30-13-15-53-20-30)27-16-31(40)26(2)37(18-27)55-23-38(45)43-14-7-9-32(34(43)21-51-3)41-56(47,48)29-11-12-29/h5-6,8,10,16,18,28-30,32-35,41-42H,7,9,11-15,17,19-24H2,1-4H3/t28?,30?,32?,33-,34-,35-/m0/s1. The number of benzene rings is 2. The molecule has 4 aliphatic rings. The second kappa shape index (κ2) is 18.7. The van der Waals surface area contributed by atoms with Gasteiger partial charge >= 0.3 is 0 Å². The molecule has 0 spiro atoms. The first kappa shape index (κ1) is 43.2. The van der Waals surface area contributed by atoms with Crippen LogP contribution in [0.15, 0.2) is 36.4 Å². The second-order valence-corrected chi connectivity index (χ2v) is 19.4. The van der Waals surface area contributed by atoms with E-state index in [0.29, 0.717) is 56.6 Å². The summed E-state index contributed by atoms with van der Waals surface area (Å²) >= 11 is 0. The summed E-state index contributed by atoms with van der Waals surface area (Å²) in [5.74, 6) is -1.32. The normalized spacial score (nSPS) is 25.7. The van der Waals surface area contributed by atoms with Gasteiger partial charge in [0.25, 0.3) is 11.8 Å². The Morgan fingerprint density at radius 1 is 0.825 bits per heavy atom. The summed E-state index contributed by atoms with van der Waals surface area (Å²) in [7, 11) is -4.44. The predicted octanol–water partition coefficient (Wildman–Crippen LogP) is 2.40. The molecule has 4 fully saturated rings. The minimum Gasteiger partial charge on any atom is -0.484 e. The SMILES string of the molecule is COC[C@H]1C(NS(=O)(=O)C2CC2)CCCN1C(=O)COc1cc(C2C[C@H](NS(=O)(=O)C3CCOC3)[C@H](COC)N(C(=O)COc3ccccc3C)C2)cc(F)c1C. The summed E-state index contributed by atoms with van der Waals surface area (Å²) in [5.41, 5.74) is 1.46. The van der Waals surface area contributed by atoms with Gasteiger partial charge in [0.05, 0.1) is 37.2 Å². The van der Waals surface area contributed by atoms with Crippen LogP contribution in [0.25, 0.3) is 0 Å². The van der Waals surface area contributed by atoms with Crippen LogP contribution in [0.4, 0.5) is 4.39 Å². The molecule has 0 bridgehead atoms. The number of hydrogen-bond acceptors (Lipinski definition) is 11. The van der Waals surface area contributed by atoms with Crippen LogP contribution < -0.4 is 18.9 Å². The molecule has 6 atom stereocenters. The first-order valence-corrected chi connectivity index (χ1v) is 22.6. The van der Waals surface area contributed by atoms with Gasteiger partial charge in [0.2, 0.25) is 20.0 Å². The Hall–Kier alpha value is -3.39. The van der Waals surface area contributed by atoms with E-state index in [4.69, 9.17) is 23.7 Å². The maximum atomic E-state index is 15.8. The third kappa shape index (κ3) is 10.4. The number of nitrogens with one attached hydrogen (secondary N) is 2. The molecular formula is C39H55FN4O11S2. The van der Waals surface area contributed by atoms with Gasteiger partial charge in [-0.1, -0.05) is 18.2 Å². The third-order valence-electron chi connectivity index (χ3n) is 11.4. The number of methoxy groups -OCH3 is 2. The van der Waals surface area contributed by atoms with Crippen molar-refractivity contribution >= 4 is 31.9 Å². The van der Waals surface area contributed by atoms with Crippen LogP contribution in [-0.4, -0.2) is 140 Å². The zero-order chi connectivity index (χ0) is 40.9. The van der Waals surface area contributed by atoms with Crippen LogP contribution in [0, 0.1) is 19.7 Å². The number of piperidine rings is 2. The highest BCUT2D eigenvalue weighted by Gasteiger charge is 2.44. The summed E-state index contributed by atoms with van der Waals surface area (Å²) in [6, 6.07) is 7.66. The van der Waals surface area contributed by atoms with Crippen LogP contribution in [-0.2, 0) is 43.8 Å². The Bertz CT molecular complexity index is 1960. The van der Waals surface area contributed by atoms with Gasteiger partial charge in [-0.25, -0.2) is 30.7 Å². The molecule has 2 amide bonds. The van der Waals surface area contributed by atoms with Crippen LogP contribution in [0.5, 0.6) is 11.5 Å². The number of halogens is 1. The fourth-order valence-corrected chi connectivity index (χ4v) is 11.2. The Morgan fingerprint density at radius 3 is 2.11 bits per heavy atom. The number of hydrogen-bond donors (Lipinski definition) is 2. The van der Waals surface area contributed by atoms with Crippen molar-refractivity contribution in [2.24, 2.45) is 0 Å². The van der Waals surface area contributed by atoms with E-state index in [1.807, 2.05) is 19.1 Å². The molecule has 6 rings (SSSR count). The van der Waals surface area contributed by atoms with Crippen molar-refractivity contribution in [3.8, 4) is 11.5 Å². The van der Waals surface area contributed by atoms with E-state index in [9.17, 15) is 26.4 Å². The van der Waals surface area contributed by atoms with Crippen molar-refractivity contribution in [2.75, 3.05) is 67.0 Å². The van der Waals surface area contributed by atoms with Crippen molar-refractivity contribution in [3.05, 3.63) is 58.9 Å². The van der Waals surface area contributed by atoms with Gasteiger partial charge in [0, 0.05) is 57.5 Å². The fraction of sp³-hybridized carbons (Fsp3) is 0.641. The van der Waals surface area contributed by atoms with Crippen LogP contribution in [0.3, 0.4) is 0 Å². The maximum Gasteiger partial charge on any atom is 0.260 e. The van der Waals surface area contributed by atoms with Gasteiger partial charge in [-0.15, -0.1) is 0 Å². The minimum atomic E-state index is -3.89. The topological polar surface area (TPSA) is 179 Å². The molecule has 3 saturated heterocycles. The van der Waals surface area contributed by atoms with E-state index in [2.05, 4.69) is 9.44 Å². The number of likely N-dealkylation sites (tertiary alicyclic amines) is 2. The van der Waals surface area contributed by atoms with Gasteiger partial charge in [-0.2, -0.15) is 0 Å². The van der Waals surface area contributed by atoms with Crippen LogP contribution in [0.2, 0.25) is 0 Å². The predicted molar refractivity (Wildman–Crippen MR) is 209 cm³/mol. The molecule has 15 nitrogen and oxygen atoms in total. The van der Waals surface area contributed by atoms with Crippen molar-refractivity contribution in [1.82, 2.24) is 19.2 Å². The van der Waals surface area contributed by atoms with E-state index >= 15 is 4.39 Å². The number of para-hydroxylation sites is 1. The molecule has 57 heavy (non-hydrogen) atoms. The second-order valence-electron chi connectivity index (χ2n) is 15.4. The molecule has 3 heterocycles. The summed E-state index contributed by atoms with van der Waals surface area (Å²) in [6.07, 6.45) is 2.88. The van der Waals surface area contributed by atoms with Gasteiger partial charge < -0.3 is 33.5 Å². The van der Waals surface area contributed by atoms with E-state index in [0.717, 1.165) is 5.56 Å². The van der Waals surface area contributed by atoms with Crippen molar-refractivity contribution in [1.29, 1.82) is 0 Å². The molecule has 3 unspecified atom stereocenters. The number of amides is 2. The van der Waals surface area contributed by atoms with E-state index in [1.54, 1.807) is 23.1 Å². The number of aryl methyl sites for hydroxylation is 1. The summed E-state index contributed by atoms with van der Waals surface area (Å²) in [4.78, 5) is 30.8. The summed E-state index contributed by atoms with van der Waals surface area (Å²) in [5, 5.41) is -1.18. The van der Waals surface area contributed by atoms with Gasteiger partial charge in [-0.3, -0.25) is 9.59 Å². The van der Waals surface area contributed by atoms with Crippen LogP contribution in [0.1, 0.15) is 61.1 Å². The molecule has 2 aromatic rings. The van der Waals surface area contributed by atoms with Crippen molar-refractivity contribution < 1.29 is 54.5 Å². The van der Waals surface area contributed by atoms with Gasteiger partial charge in [-0.05, 0) is 81.7 Å². The van der Waals surface area contributed by atoms with Crippen molar-refractivity contribution in [3.63, 3.8) is 0 Å². The number of carbonyl (C=O) groups excluding carboxylic acids is 2. The maximum absolute atomic E-state index is 15.8. The van der Waals surface area contributed by atoms with Gasteiger partial charge in [0.1, 0.15) is 22.6 Å². The smallest absolute Gasteiger partial charge is 0.260 e. The number of ether oxygens (including phenoxy) is 5. The summed E-state index contributed by atoms with van der Waals surface area (Å²) in [6.45, 7) is 3.61. The molecule has 2 N–H and O–H groups in total.